The summed E-state index contributed by atoms with van der Waals surface area (Å²) in [7, 11) is 1.84. The summed E-state index contributed by atoms with van der Waals surface area (Å²) < 4.78 is 0. The summed E-state index contributed by atoms with van der Waals surface area (Å²) >= 11 is 0. The largest absolute Gasteiger partial charge is 0.338 e. The van der Waals surface area contributed by atoms with E-state index in [1.165, 1.54) is 0 Å². The lowest BCUT2D eigenvalue weighted by Crippen LogP contribution is -2.65. The van der Waals surface area contributed by atoms with Gasteiger partial charge in [0, 0.05) is 19.4 Å². The van der Waals surface area contributed by atoms with Crippen LogP contribution in [-0.2, 0) is 4.79 Å². The van der Waals surface area contributed by atoms with Gasteiger partial charge in [0.15, 0.2) is 6.19 Å². The Morgan fingerprint density at radius 1 is 1.05 bits per heavy atom. The van der Waals surface area contributed by atoms with E-state index < -0.39 is 11.1 Å². The first-order valence-electron chi connectivity index (χ1n) is 6.74. The minimum atomic E-state index is -0.439. The Kier molecular flexibility index (Phi) is 3.23. The Labute approximate surface area is 117 Å². The van der Waals surface area contributed by atoms with Gasteiger partial charge < -0.3 is 4.90 Å². The molecule has 1 rings (SSSR count). The molecule has 0 saturated carbocycles. The third-order valence-corrected chi connectivity index (χ3v) is 6.30. The van der Waals surface area contributed by atoms with Gasteiger partial charge in [-0.2, -0.15) is 5.26 Å². The van der Waals surface area contributed by atoms with Crippen LogP contribution in [0.5, 0.6) is 0 Å². The molecule has 0 aromatic carbocycles. The molecule has 1 aliphatic rings. The lowest BCUT2D eigenvalue weighted by Gasteiger charge is -2.52. The normalized spacial score (nSPS) is 30.8. The molecule has 1 heterocycles. The molecular weight excluding hydrogens is 238 g/mol. The summed E-state index contributed by atoms with van der Waals surface area (Å²) in [6.45, 7) is 16.2. The summed E-state index contributed by atoms with van der Waals surface area (Å²) in [5.41, 5.74) is -1.44. The molecule has 1 atom stereocenters. The predicted octanol–water partition coefficient (Wildman–Crippen LogP) is 2.60. The molecule has 0 bridgehead atoms. The molecule has 1 unspecified atom stereocenters. The van der Waals surface area contributed by atoms with Crippen LogP contribution in [0, 0.1) is 16.9 Å². The summed E-state index contributed by atoms with van der Waals surface area (Å²) in [5, 5.41) is 9.59. The number of likely N-dealkylation sites (tertiary alicyclic amines) is 1. The highest BCUT2D eigenvalue weighted by molar-refractivity contribution is 5.74. The molecule has 4 nitrogen and oxygen atoms in total. The van der Waals surface area contributed by atoms with E-state index in [2.05, 4.69) is 40.8 Å². The van der Waals surface area contributed by atoms with E-state index in [0.29, 0.717) is 0 Å². The van der Waals surface area contributed by atoms with Crippen molar-refractivity contribution in [3.05, 3.63) is 0 Å². The first-order chi connectivity index (χ1) is 8.30. The van der Waals surface area contributed by atoms with Crippen molar-refractivity contribution >= 4 is 5.91 Å². The zero-order valence-corrected chi connectivity index (χ0v) is 13.7. The summed E-state index contributed by atoms with van der Waals surface area (Å²) in [5.74, 6) is 0.0271. The van der Waals surface area contributed by atoms with Gasteiger partial charge in [0.2, 0.25) is 5.91 Å². The van der Waals surface area contributed by atoms with Gasteiger partial charge in [-0.25, -0.2) is 0 Å². The van der Waals surface area contributed by atoms with Crippen LogP contribution in [0.15, 0.2) is 0 Å². The Hall–Kier alpha value is -1.24. The monoisotopic (exact) mass is 265 g/mol. The highest BCUT2D eigenvalue weighted by atomic mass is 16.2. The fraction of sp³-hybridized carbons (Fsp3) is 0.867. The van der Waals surface area contributed by atoms with Crippen molar-refractivity contribution < 1.29 is 4.79 Å². The molecule has 108 valence electrons. The zero-order valence-electron chi connectivity index (χ0n) is 13.7. The fourth-order valence-electron chi connectivity index (χ4n) is 3.95. The topological polar surface area (TPSA) is 47.3 Å². The second kappa shape index (κ2) is 3.88. The maximum Gasteiger partial charge on any atom is 0.219 e. The number of likely N-dealkylation sites (N-methyl/N-ethyl adjacent to an activating group) is 1. The van der Waals surface area contributed by atoms with Gasteiger partial charge in [-0.3, -0.25) is 9.69 Å². The van der Waals surface area contributed by atoms with Crippen LogP contribution in [0.4, 0.5) is 0 Å². The molecule has 1 saturated heterocycles. The van der Waals surface area contributed by atoms with Gasteiger partial charge in [-0.1, -0.05) is 13.8 Å². The van der Waals surface area contributed by atoms with Crippen molar-refractivity contribution in [3.63, 3.8) is 0 Å². The van der Waals surface area contributed by atoms with Crippen LogP contribution in [0.25, 0.3) is 0 Å². The molecule has 0 aromatic heterocycles. The van der Waals surface area contributed by atoms with E-state index in [0.717, 1.165) is 0 Å². The van der Waals surface area contributed by atoms with E-state index >= 15 is 0 Å². The van der Waals surface area contributed by atoms with Crippen molar-refractivity contribution in [1.29, 1.82) is 5.26 Å². The first kappa shape index (κ1) is 15.8. The summed E-state index contributed by atoms with van der Waals surface area (Å²) in [6.07, 6.45) is 2.34. The summed E-state index contributed by atoms with van der Waals surface area (Å²) in [4.78, 5) is 15.6. The number of carbonyl (C=O) groups excluding carboxylic acids is 1. The minimum absolute atomic E-state index is 0.0271. The van der Waals surface area contributed by atoms with Crippen molar-refractivity contribution in [3.8, 4) is 6.19 Å². The molecule has 19 heavy (non-hydrogen) atoms. The third kappa shape index (κ3) is 1.47. The van der Waals surface area contributed by atoms with Crippen LogP contribution in [-0.4, -0.2) is 39.4 Å². The van der Waals surface area contributed by atoms with Gasteiger partial charge in [-0.15, -0.1) is 0 Å². The van der Waals surface area contributed by atoms with Crippen molar-refractivity contribution in [1.82, 2.24) is 9.80 Å². The average molecular weight is 265 g/mol. The Morgan fingerprint density at radius 3 is 1.74 bits per heavy atom. The maximum atomic E-state index is 11.9. The summed E-state index contributed by atoms with van der Waals surface area (Å²) in [6, 6.07) is 0. The van der Waals surface area contributed by atoms with Gasteiger partial charge in [0.1, 0.15) is 0 Å². The van der Waals surface area contributed by atoms with Crippen LogP contribution < -0.4 is 0 Å². The van der Waals surface area contributed by atoms with Gasteiger partial charge in [0.05, 0.1) is 16.6 Å². The second-order valence-electron chi connectivity index (χ2n) is 7.33. The lowest BCUT2D eigenvalue weighted by atomic mass is 9.61. The highest BCUT2D eigenvalue weighted by Crippen LogP contribution is 2.60. The third-order valence-electron chi connectivity index (χ3n) is 6.30. The molecule has 4 heteroatoms. The van der Waals surface area contributed by atoms with E-state index in [9.17, 15) is 10.1 Å². The van der Waals surface area contributed by atoms with E-state index in [-0.39, 0.29) is 16.9 Å². The van der Waals surface area contributed by atoms with Crippen LogP contribution in [0.3, 0.4) is 0 Å². The molecule has 0 spiro atoms. The minimum Gasteiger partial charge on any atom is -0.338 e. The molecule has 0 radical (unpaired) electrons. The molecule has 0 aliphatic carbocycles. The standard InChI is InChI=1S/C15H27N3O/c1-11(19)17(9)15(8)12(2,3)13(4,5)18(10-16)14(15,6)7/h1-9H3. The SMILES string of the molecule is CC(=O)N(C)C1(C)C(C)(C)N(C#N)C(C)(C)C1(C)C. The quantitative estimate of drug-likeness (QED) is 0.685. The van der Waals surface area contributed by atoms with E-state index in [1.54, 1.807) is 11.8 Å². The molecule has 1 amide bonds. The Balaban J connectivity index is 3.64. The van der Waals surface area contributed by atoms with Gasteiger partial charge >= 0.3 is 0 Å². The smallest absolute Gasteiger partial charge is 0.219 e. The number of hydrogen-bond acceptors (Lipinski definition) is 3. The van der Waals surface area contributed by atoms with Crippen LogP contribution in [0.2, 0.25) is 0 Å². The molecule has 1 fully saturated rings. The fourth-order valence-corrected chi connectivity index (χ4v) is 3.95. The molecular formula is C15H27N3O. The first-order valence-corrected chi connectivity index (χ1v) is 6.74. The number of nitrogens with zero attached hydrogens (tertiary/aromatic N) is 3. The molecule has 1 aliphatic heterocycles. The van der Waals surface area contributed by atoms with Crippen molar-refractivity contribution in [2.24, 2.45) is 5.41 Å². The van der Waals surface area contributed by atoms with Gasteiger partial charge in [0.25, 0.3) is 0 Å². The highest BCUT2D eigenvalue weighted by Gasteiger charge is 2.71. The molecule has 0 N–H and O–H groups in total. The average Bonchev–Trinajstić information content (AvgIpc) is 2.32. The number of rotatable bonds is 1. The zero-order chi connectivity index (χ0) is 15.4. The lowest BCUT2D eigenvalue weighted by molar-refractivity contribution is -0.140. The van der Waals surface area contributed by atoms with Crippen LogP contribution in [0.1, 0.15) is 55.4 Å². The van der Waals surface area contributed by atoms with Crippen molar-refractivity contribution in [2.45, 2.75) is 72.0 Å². The van der Waals surface area contributed by atoms with E-state index in [1.807, 2.05) is 25.8 Å². The number of hydrogen-bond donors (Lipinski definition) is 0. The number of carbonyl (C=O) groups is 1. The number of nitriles is 1. The van der Waals surface area contributed by atoms with Gasteiger partial charge in [-0.05, 0) is 34.6 Å². The number of amides is 1. The maximum absolute atomic E-state index is 11.9. The molecule has 0 aromatic rings. The second-order valence-corrected chi connectivity index (χ2v) is 7.33. The van der Waals surface area contributed by atoms with E-state index in [4.69, 9.17) is 0 Å². The van der Waals surface area contributed by atoms with Crippen molar-refractivity contribution in [2.75, 3.05) is 7.05 Å². The predicted molar refractivity (Wildman–Crippen MR) is 76.2 cm³/mol. The Morgan fingerprint density at radius 2 is 1.47 bits per heavy atom. The Bertz CT molecular complexity index is 445. The van der Waals surface area contributed by atoms with Crippen LogP contribution >= 0.6 is 0 Å².